The van der Waals surface area contributed by atoms with E-state index in [4.69, 9.17) is 16.0 Å². The summed E-state index contributed by atoms with van der Waals surface area (Å²) in [5, 5.41) is 7.81. The fraction of sp³-hybridized carbons (Fsp3) is 0.400. The zero-order valence-corrected chi connectivity index (χ0v) is 10.1. The van der Waals surface area contributed by atoms with Crippen molar-refractivity contribution in [2.24, 2.45) is 0 Å². The van der Waals surface area contributed by atoms with Crippen molar-refractivity contribution in [1.29, 1.82) is 0 Å². The van der Waals surface area contributed by atoms with Gasteiger partial charge in [0.05, 0.1) is 11.4 Å². The van der Waals surface area contributed by atoms with E-state index in [9.17, 15) is 0 Å². The maximum atomic E-state index is 5.35. The lowest BCUT2D eigenvalue weighted by Gasteiger charge is -1.88. The van der Waals surface area contributed by atoms with Gasteiger partial charge in [0.1, 0.15) is 0 Å². The smallest absolute Gasteiger partial charge is 0.264 e. The second-order valence-electron chi connectivity index (χ2n) is 3.74. The number of rotatable bonds is 0. The summed E-state index contributed by atoms with van der Waals surface area (Å²) in [6.07, 6.45) is 0. The highest BCUT2D eigenvalue weighted by Gasteiger charge is 1.92. The number of hydrogen-bond acceptors (Lipinski definition) is 2. The minimum atomic E-state index is 0.963. The van der Waals surface area contributed by atoms with Gasteiger partial charge in [-0.25, -0.2) is 0 Å². The maximum Gasteiger partial charge on any atom is 0.264 e. The fourth-order valence-corrected chi connectivity index (χ4v) is 1.29. The normalized spacial score (nSPS) is 9.75. The first-order valence-corrected chi connectivity index (χ1v) is 4.97. The third kappa shape index (κ3) is 3.29. The molecule has 0 saturated carbocycles. The van der Waals surface area contributed by atoms with Crippen LogP contribution in [0.3, 0.4) is 0 Å². The molecule has 0 aliphatic heterocycles. The van der Waals surface area contributed by atoms with Crippen LogP contribution in [0.15, 0.2) is 12.1 Å². The molecule has 0 aliphatic rings. The van der Waals surface area contributed by atoms with E-state index in [1.807, 2.05) is 39.8 Å². The summed E-state index contributed by atoms with van der Waals surface area (Å²) in [6.45, 7) is 7.66. The average molecular weight is 212 g/mol. The first-order chi connectivity index (χ1) is 7.40. The fourth-order valence-electron chi connectivity index (χ4n) is 1.29. The molecule has 0 amide bonds. The molecule has 80 valence electrons. The van der Waals surface area contributed by atoms with Crippen LogP contribution in [0, 0.1) is 27.7 Å². The van der Waals surface area contributed by atoms with Gasteiger partial charge in [-0.05, 0) is 39.8 Å². The molecule has 2 heterocycles. The molecule has 0 aromatic carbocycles. The second kappa shape index (κ2) is 5.05. The van der Waals surface area contributed by atoms with Gasteiger partial charge < -0.3 is 9.19 Å². The standard InChI is InChI=1S/2C5H7BN2/c2*1-4-3-5(2)8(6)7-4/h2*3H,1-2H3. The molecule has 0 fully saturated rings. The van der Waals surface area contributed by atoms with Gasteiger partial charge in [-0.15, -0.1) is 0 Å². The summed E-state index contributed by atoms with van der Waals surface area (Å²) in [5.74, 6) is 0. The SMILES string of the molecule is [B]n1nc(C)cc1C.[B]n1nc(C)cc1C. The van der Waals surface area contributed by atoms with Gasteiger partial charge in [0.25, 0.3) is 16.0 Å². The minimum Gasteiger partial charge on any atom is -0.328 e. The molecule has 6 heteroatoms. The topological polar surface area (TPSA) is 35.6 Å². The lowest BCUT2D eigenvalue weighted by molar-refractivity contribution is 0.930. The van der Waals surface area contributed by atoms with Gasteiger partial charge in [-0.3, -0.25) is 0 Å². The van der Waals surface area contributed by atoms with Gasteiger partial charge in [0.15, 0.2) is 0 Å². The van der Waals surface area contributed by atoms with E-state index in [-0.39, 0.29) is 0 Å². The molecule has 2 aromatic heterocycles. The van der Waals surface area contributed by atoms with E-state index in [0.29, 0.717) is 0 Å². The monoisotopic (exact) mass is 212 g/mol. The van der Waals surface area contributed by atoms with Crippen LogP contribution in [0.2, 0.25) is 0 Å². The summed E-state index contributed by atoms with van der Waals surface area (Å²) in [7, 11) is 10.7. The Bertz CT molecular complexity index is 390. The van der Waals surface area contributed by atoms with E-state index in [0.717, 1.165) is 22.8 Å². The molecule has 4 nitrogen and oxygen atoms in total. The number of nitrogens with zero attached hydrogens (tertiary/aromatic N) is 4. The van der Waals surface area contributed by atoms with Crippen LogP contribution in [-0.2, 0) is 0 Å². The van der Waals surface area contributed by atoms with Crippen molar-refractivity contribution in [3.63, 3.8) is 0 Å². The van der Waals surface area contributed by atoms with Crippen molar-refractivity contribution in [3.8, 4) is 0 Å². The second-order valence-corrected chi connectivity index (χ2v) is 3.74. The van der Waals surface area contributed by atoms with Crippen LogP contribution in [0.1, 0.15) is 22.8 Å². The molecule has 0 unspecified atom stereocenters. The number of aryl methyl sites for hydroxylation is 4. The van der Waals surface area contributed by atoms with E-state index < -0.39 is 0 Å². The molecular weight excluding hydrogens is 198 g/mol. The molecule has 0 atom stereocenters. The minimum absolute atomic E-state index is 0.963. The molecule has 0 aliphatic carbocycles. The summed E-state index contributed by atoms with van der Waals surface area (Å²) in [5.41, 5.74) is 3.90. The quantitative estimate of drug-likeness (QED) is 0.607. The van der Waals surface area contributed by atoms with Crippen LogP contribution < -0.4 is 0 Å². The Labute approximate surface area is 98.5 Å². The Kier molecular flexibility index (Phi) is 3.99. The highest BCUT2D eigenvalue weighted by Crippen LogP contribution is 1.97. The van der Waals surface area contributed by atoms with Crippen molar-refractivity contribution >= 4 is 16.0 Å². The zero-order valence-electron chi connectivity index (χ0n) is 10.1. The molecule has 0 N–H and O–H groups in total. The predicted octanol–water partition coefficient (Wildman–Crippen LogP) is 0.863. The molecule has 0 bridgehead atoms. The Morgan fingerprint density at radius 3 is 1.19 bits per heavy atom. The van der Waals surface area contributed by atoms with Crippen LogP contribution in [0.5, 0.6) is 0 Å². The van der Waals surface area contributed by atoms with E-state index >= 15 is 0 Å². The Morgan fingerprint density at radius 2 is 1.12 bits per heavy atom. The summed E-state index contributed by atoms with van der Waals surface area (Å²) in [6, 6.07) is 3.86. The maximum absolute atomic E-state index is 5.35. The molecular formula is C10H14B2N4. The first kappa shape index (κ1) is 12.6. The van der Waals surface area contributed by atoms with Crippen LogP contribution >= 0.6 is 0 Å². The Hall–Kier alpha value is -1.45. The predicted molar refractivity (Wildman–Crippen MR) is 65.7 cm³/mol. The molecule has 2 aromatic rings. The average Bonchev–Trinajstić information content (AvgIpc) is 2.58. The molecule has 0 saturated heterocycles. The van der Waals surface area contributed by atoms with Gasteiger partial charge in [-0.1, -0.05) is 0 Å². The summed E-state index contributed by atoms with van der Waals surface area (Å²) in [4.78, 5) is 0. The molecule has 2 rings (SSSR count). The highest BCUT2D eigenvalue weighted by molar-refractivity contribution is 6.06. The highest BCUT2D eigenvalue weighted by atomic mass is 15.2. The van der Waals surface area contributed by atoms with Crippen LogP contribution in [0.25, 0.3) is 0 Å². The van der Waals surface area contributed by atoms with Crippen molar-refractivity contribution in [2.45, 2.75) is 27.7 Å². The van der Waals surface area contributed by atoms with Crippen molar-refractivity contribution in [1.82, 2.24) is 19.4 Å². The molecule has 4 radical (unpaired) electrons. The van der Waals surface area contributed by atoms with E-state index in [2.05, 4.69) is 10.2 Å². The van der Waals surface area contributed by atoms with Crippen LogP contribution in [0.4, 0.5) is 0 Å². The van der Waals surface area contributed by atoms with Crippen molar-refractivity contribution < 1.29 is 0 Å². The molecule has 0 spiro atoms. The van der Waals surface area contributed by atoms with E-state index in [1.54, 1.807) is 0 Å². The summed E-state index contributed by atoms with van der Waals surface area (Å²) >= 11 is 0. The van der Waals surface area contributed by atoms with Crippen molar-refractivity contribution in [3.05, 3.63) is 34.9 Å². The van der Waals surface area contributed by atoms with Gasteiger partial charge in [0.2, 0.25) is 0 Å². The molecule has 16 heavy (non-hydrogen) atoms. The number of hydrogen-bond donors (Lipinski definition) is 0. The first-order valence-electron chi connectivity index (χ1n) is 4.97. The van der Waals surface area contributed by atoms with Crippen molar-refractivity contribution in [2.75, 3.05) is 0 Å². The van der Waals surface area contributed by atoms with Crippen LogP contribution in [-0.4, -0.2) is 35.3 Å². The number of aromatic nitrogens is 4. The zero-order chi connectivity index (χ0) is 12.3. The third-order valence-electron chi connectivity index (χ3n) is 2.09. The van der Waals surface area contributed by atoms with Gasteiger partial charge in [-0.2, -0.15) is 10.2 Å². The van der Waals surface area contributed by atoms with E-state index in [1.165, 1.54) is 9.19 Å². The lowest BCUT2D eigenvalue weighted by atomic mass is 10.3. The Morgan fingerprint density at radius 1 is 0.812 bits per heavy atom. The lowest BCUT2D eigenvalue weighted by Crippen LogP contribution is -1.95. The largest absolute Gasteiger partial charge is 0.328 e. The van der Waals surface area contributed by atoms with Gasteiger partial charge in [0, 0.05) is 11.4 Å². The van der Waals surface area contributed by atoms with Gasteiger partial charge >= 0.3 is 0 Å². The Balaban J connectivity index is 0.000000160. The summed E-state index contributed by atoms with van der Waals surface area (Å²) < 4.78 is 2.74. The third-order valence-corrected chi connectivity index (χ3v) is 2.09.